The molecule has 1 heterocycles. The number of carbonyl (C=O) groups is 1. The van der Waals surface area contributed by atoms with Gasteiger partial charge in [0.05, 0.1) is 12.6 Å². The van der Waals surface area contributed by atoms with E-state index in [2.05, 4.69) is 34.1 Å². The highest BCUT2D eigenvalue weighted by molar-refractivity contribution is 5.78. The van der Waals surface area contributed by atoms with Gasteiger partial charge in [0, 0.05) is 39.8 Å². The van der Waals surface area contributed by atoms with Gasteiger partial charge in [0.25, 0.3) is 0 Å². The molecule has 150 valence electrons. The summed E-state index contributed by atoms with van der Waals surface area (Å²) in [5.41, 5.74) is 2.32. The Balaban J connectivity index is 1.42. The second-order valence-corrected chi connectivity index (χ2v) is 7.59. The van der Waals surface area contributed by atoms with Crippen molar-refractivity contribution in [1.82, 2.24) is 14.7 Å². The van der Waals surface area contributed by atoms with E-state index in [-0.39, 0.29) is 17.8 Å². The van der Waals surface area contributed by atoms with Crippen LogP contribution in [0.15, 0.2) is 54.6 Å². The van der Waals surface area contributed by atoms with Crippen molar-refractivity contribution in [1.29, 1.82) is 0 Å². The molecule has 2 aromatic carbocycles. The maximum Gasteiger partial charge on any atom is 0.236 e. The van der Waals surface area contributed by atoms with E-state index in [0.29, 0.717) is 6.54 Å². The number of benzene rings is 2. The van der Waals surface area contributed by atoms with E-state index in [9.17, 15) is 9.18 Å². The SMILES string of the molecule is CC(c1ccc(F)cc1)N(C)C(=O)CN1CCN(CCc2ccccc2)CC1. The molecule has 2 aromatic rings. The summed E-state index contributed by atoms with van der Waals surface area (Å²) < 4.78 is 13.1. The molecule has 1 aliphatic heterocycles. The minimum Gasteiger partial charge on any atom is -0.338 e. The summed E-state index contributed by atoms with van der Waals surface area (Å²) in [6, 6.07) is 16.9. The van der Waals surface area contributed by atoms with Crippen molar-refractivity contribution >= 4 is 5.91 Å². The van der Waals surface area contributed by atoms with Gasteiger partial charge in [-0.25, -0.2) is 4.39 Å². The number of amides is 1. The molecule has 1 unspecified atom stereocenters. The molecule has 4 nitrogen and oxygen atoms in total. The summed E-state index contributed by atoms with van der Waals surface area (Å²) in [4.78, 5) is 19.1. The average Bonchev–Trinajstić information content (AvgIpc) is 2.73. The molecule has 1 fully saturated rings. The van der Waals surface area contributed by atoms with Crippen LogP contribution in [0.25, 0.3) is 0 Å². The Kier molecular flexibility index (Phi) is 7.18. The lowest BCUT2D eigenvalue weighted by atomic mass is 10.1. The smallest absolute Gasteiger partial charge is 0.236 e. The summed E-state index contributed by atoms with van der Waals surface area (Å²) in [7, 11) is 1.83. The molecule has 1 aliphatic rings. The molecular formula is C23H30FN3O. The summed E-state index contributed by atoms with van der Waals surface area (Å²) in [6.45, 7) is 7.31. The summed E-state index contributed by atoms with van der Waals surface area (Å²) >= 11 is 0. The molecule has 0 spiro atoms. The number of piperazine rings is 1. The predicted octanol–water partition coefficient (Wildman–Crippen LogP) is 3.21. The first-order valence-electron chi connectivity index (χ1n) is 10.0. The Bertz CT molecular complexity index is 742. The third-order valence-corrected chi connectivity index (χ3v) is 5.71. The van der Waals surface area contributed by atoms with Crippen LogP contribution in [0.2, 0.25) is 0 Å². The molecule has 0 N–H and O–H groups in total. The number of rotatable bonds is 7. The van der Waals surface area contributed by atoms with E-state index in [4.69, 9.17) is 0 Å². The van der Waals surface area contributed by atoms with Gasteiger partial charge in [-0.1, -0.05) is 42.5 Å². The monoisotopic (exact) mass is 383 g/mol. The largest absolute Gasteiger partial charge is 0.338 e. The Labute approximate surface area is 167 Å². The first-order valence-corrected chi connectivity index (χ1v) is 10.0. The maximum absolute atomic E-state index is 13.1. The molecule has 1 atom stereocenters. The van der Waals surface area contributed by atoms with Crippen molar-refractivity contribution in [2.75, 3.05) is 46.3 Å². The highest BCUT2D eigenvalue weighted by atomic mass is 19.1. The van der Waals surface area contributed by atoms with Crippen LogP contribution in [-0.2, 0) is 11.2 Å². The maximum atomic E-state index is 13.1. The summed E-state index contributed by atoms with van der Waals surface area (Å²) in [5.74, 6) is -0.148. The fourth-order valence-corrected chi connectivity index (χ4v) is 3.59. The van der Waals surface area contributed by atoms with Gasteiger partial charge < -0.3 is 9.80 Å². The fraction of sp³-hybridized carbons (Fsp3) is 0.435. The quantitative estimate of drug-likeness (QED) is 0.735. The zero-order valence-corrected chi connectivity index (χ0v) is 16.9. The zero-order valence-electron chi connectivity index (χ0n) is 16.9. The molecule has 28 heavy (non-hydrogen) atoms. The first kappa shape index (κ1) is 20.5. The highest BCUT2D eigenvalue weighted by Gasteiger charge is 2.23. The third kappa shape index (κ3) is 5.63. The molecule has 0 saturated carbocycles. The Morgan fingerprint density at radius 1 is 1.00 bits per heavy atom. The number of likely N-dealkylation sites (N-methyl/N-ethyl adjacent to an activating group) is 1. The van der Waals surface area contributed by atoms with Crippen molar-refractivity contribution in [2.45, 2.75) is 19.4 Å². The average molecular weight is 384 g/mol. The number of halogens is 1. The van der Waals surface area contributed by atoms with E-state index in [1.807, 2.05) is 20.0 Å². The van der Waals surface area contributed by atoms with Crippen molar-refractivity contribution in [3.05, 3.63) is 71.5 Å². The minimum atomic E-state index is -0.255. The lowest BCUT2D eigenvalue weighted by Crippen LogP contribution is -2.50. The van der Waals surface area contributed by atoms with Gasteiger partial charge in [0.15, 0.2) is 0 Å². The molecule has 0 aliphatic carbocycles. The number of carbonyl (C=O) groups excluding carboxylic acids is 1. The van der Waals surface area contributed by atoms with Gasteiger partial charge in [0.1, 0.15) is 5.82 Å². The fourth-order valence-electron chi connectivity index (χ4n) is 3.59. The van der Waals surface area contributed by atoms with Crippen LogP contribution in [0.5, 0.6) is 0 Å². The summed E-state index contributed by atoms with van der Waals surface area (Å²) in [6.07, 6.45) is 1.07. The standard InChI is InChI=1S/C23H30FN3O/c1-19(21-8-10-22(24)11-9-21)25(2)23(28)18-27-16-14-26(15-17-27)13-12-20-6-4-3-5-7-20/h3-11,19H,12-18H2,1-2H3. The van der Waals surface area contributed by atoms with E-state index in [0.717, 1.165) is 44.7 Å². The number of hydrogen-bond acceptors (Lipinski definition) is 3. The van der Waals surface area contributed by atoms with Crippen molar-refractivity contribution < 1.29 is 9.18 Å². The molecule has 0 bridgehead atoms. The normalized spacial score (nSPS) is 16.7. The van der Waals surface area contributed by atoms with Crippen LogP contribution in [-0.4, -0.2) is 66.9 Å². The van der Waals surface area contributed by atoms with E-state index < -0.39 is 0 Å². The highest BCUT2D eigenvalue weighted by Crippen LogP contribution is 2.19. The predicted molar refractivity (Wildman–Crippen MR) is 111 cm³/mol. The zero-order chi connectivity index (χ0) is 19.9. The lowest BCUT2D eigenvalue weighted by molar-refractivity contribution is -0.133. The Morgan fingerprint density at radius 3 is 2.25 bits per heavy atom. The second kappa shape index (κ2) is 9.80. The van der Waals surface area contributed by atoms with E-state index >= 15 is 0 Å². The first-order chi connectivity index (χ1) is 13.5. The lowest BCUT2D eigenvalue weighted by Gasteiger charge is -2.35. The van der Waals surface area contributed by atoms with Crippen molar-refractivity contribution in [3.8, 4) is 0 Å². The molecule has 1 saturated heterocycles. The van der Waals surface area contributed by atoms with Crippen LogP contribution in [0.1, 0.15) is 24.1 Å². The molecule has 5 heteroatoms. The Hall–Kier alpha value is -2.24. The Morgan fingerprint density at radius 2 is 1.61 bits per heavy atom. The molecule has 0 radical (unpaired) electrons. The number of hydrogen-bond donors (Lipinski definition) is 0. The van der Waals surface area contributed by atoms with Crippen LogP contribution in [0.4, 0.5) is 4.39 Å². The van der Waals surface area contributed by atoms with Gasteiger partial charge in [-0.3, -0.25) is 9.69 Å². The van der Waals surface area contributed by atoms with Gasteiger partial charge in [-0.05, 0) is 36.6 Å². The number of nitrogens with zero attached hydrogens (tertiary/aromatic N) is 3. The molecule has 0 aromatic heterocycles. The van der Waals surface area contributed by atoms with Crippen molar-refractivity contribution in [3.63, 3.8) is 0 Å². The van der Waals surface area contributed by atoms with Gasteiger partial charge >= 0.3 is 0 Å². The topological polar surface area (TPSA) is 26.8 Å². The molecule has 1 amide bonds. The van der Waals surface area contributed by atoms with E-state index in [1.165, 1.54) is 17.7 Å². The van der Waals surface area contributed by atoms with Crippen LogP contribution < -0.4 is 0 Å². The summed E-state index contributed by atoms with van der Waals surface area (Å²) in [5, 5.41) is 0. The van der Waals surface area contributed by atoms with Gasteiger partial charge in [-0.15, -0.1) is 0 Å². The second-order valence-electron chi connectivity index (χ2n) is 7.59. The third-order valence-electron chi connectivity index (χ3n) is 5.71. The molecule has 3 rings (SSSR count). The van der Waals surface area contributed by atoms with Crippen molar-refractivity contribution in [2.24, 2.45) is 0 Å². The van der Waals surface area contributed by atoms with Gasteiger partial charge in [-0.2, -0.15) is 0 Å². The van der Waals surface area contributed by atoms with Gasteiger partial charge in [0.2, 0.25) is 5.91 Å². The van der Waals surface area contributed by atoms with Crippen LogP contribution in [0.3, 0.4) is 0 Å². The molecular weight excluding hydrogens is 353 g/mol. The minimum absolute atomic E-state index is 0.0692. The van der Waals surface area contributed by atoms with Crippen LogP contribution in [0, 0.1) is 5.82 Å². The van der Waals surface area contributed by atoms with Crippen LogP contribution >= 0.6 is 0 Å². The van der Waals surface area contributed by atoms with E-state index in [1.54, 1.807) is 17.0 Å².